The van der Waals surface area contributed by atoms with Crippen molar-refractivity contribution >= 4 is 0 Å². The molecule has 0 heterocycles. The number of para-hydroxylation sites is 1. The number of rotatable bonds is 6. The number of nitrogens with one attached hydrogen (secondary N) is 1. The van der Waals surface area contributed by atoms with Crippen LogP contribution in [-0.4, -0.2) is 6.61 Å². The molecule has 0 aromatic heterocycles. The van der Waals surface area contributed by atoms with E-state index in [1.807, 2.05) is 0 Å². The van der Waals surface area contributed by atoms with Gasteiger partial charge in [-0.1, -0.05) is 30.3 Å². The Morgan fingerprint density at radius 1 is 1.00 bits per heavy atom. The van der Waals surface area contributed by atoms with Crippen molar-refractivity contribution in [3.8, 4) is 5.75 Å². The van der Waals surface area contributed by atoms with Crippen molar-refractivity contribution in [3.05, 3.63) is 65.5 Å². The number of benzene rings is 2. The van der Waals surface area contributed by atoms with Gasteiger partial charge in [-0.2, -0.15) is 8.78 Å². The van der Waals surface area contributed by atoms with Crippen molar-refractivity contribution in [2.75, 3.05) is 0 Å². The second-order valence-electron chi connectivity index (χ2n) is 4.22. The molecule has 0 amide bonds. The van der Waals surface area contributed by atoms with Crippen molar-refractivity contribution in [1.29, 1.82) is 0 Å². The van der Waals surface area contributed by atoms with Gasteiger partial charge in [0.25, 0.3) is 0 Å². The Morgan fingerprint density at radius 2 is 1.80 bits per heavy atom. The van der Waals surface area contributed by atoms with Gasteiger partial charge in [0.05, 0.1) is 0 Å². The summed E-state index contributed by atoms with van der Waals surface area (Å²) in [5, 5.41) is 3.07. The monoisotopic (exact) mass is 281 g/mol. The van der Waals surface area contributed by atoms with Crippen LogP contribution in [-0.2, 0) is 13.1 Å². The summed E-state index contributed by atoms with van der Waals surface area (Å²) < 4.78 is 41.9. The van der Waals surface area contributed by atoms with Gasteiger partial charge in [-0.25, -0.2) is 4.39 Å². The third-order valence-electron chi connectivity index (χ3n) is 2.72. The lowest BCUT2D eigenvalue weighted by atomic mass is 10.2. The molecule has 0 unspecified atom stereocenters. The quantitative estimate of drug-likeness (QED) is 0.871. The van der Waals surface area contributed by atoms with E-state index in [1.165, 1.54) is 18.2 Å². The number of ether oxygens (including phenoxy) is 1. The molecule has 2 aromatic carbocycles. The van der Waals surface area contributed by atoms with Gasteiger partial charge in [-0.05, 0) is 23.8 Å². The Morgan fingerprint density at radius 3 is 2.55 bits per heavy atom. The fourth-order valence-corrected chi connectivity index (χ4v) is 1.85. The number of hydrogen-bond donors (Lipinski definition) is 1. The molecule has 0 aliphatic heterocycles. The molecule has 106 valence electrons. The molecule has 0 saturated heterocycles. The third kappa shape index (κ3) is 4.28. The van der Waals surface area contributed by atoms with Crippen LogP contribution in [0.15, 0.2) is 48.5 Å². The Bertz CT molecular complexity index is 560. The summed E-state index contributed by atoms with van der Waals surface area (Å²) >= 11 is 0. The van der Waals surface area contributed by atoms with E-state index in [-0.39, 0.29) is 11.6 Å². The van der Waals surface area contributed by atoms with Crippen LogP contribution in [0.5, 0.6) is 5.75 Å². The van der Waals surface area contributed by atoms with Crippen LogP contribution in [0.1, 0.15) is 11.1 Å². The normalized spacial score (nSPS) is 10.8. The van der Waals surface area contributed by atoms with Gasteiger partial charge in [-0.15, -0.1) is 0 Å². The Balaban J connectivity index is 1.94. The molecule has 2 aromatic rings. The van der Waals surface area contributed by atoms with E-state index in [9.17, 15) is 13.2 Å². The molecule has 0 aliphatic carbocycles. The maximum absolute atomic E-state index is 13.0. The topological polar surface area (TPSA) is 21.3 Å². The lowest BCUT2D eigenvalue weighted by molar-refractivity contribution is -0.0505. The fourth-order valence-electron chi connectivity index (χ4n) is 1.85. The molecule has 0 atom stereocenters. The Labute approximate surface area is 115 Å². The highest BCUT2D eigenvalue weighted by molar-refractivity contribution is 5.33. The van der Waals surface area contributed by atoms with E-state index in [4.69, 9.17) is 0 Å². The molecule has 0 spiro atoms. The third-order valence-corrected chi connectivity index (χ3v) is 2.72. The molecule has 1 N–H and O–H groups in total. The summed E-state index contributed by atoms with van der Waals surface area (Å²) in [7, 11) is 0. The lowest BCUT2D eigenvalue weighted by Gasteiger charge is -2.11. The second kappa shape index (κ2) is 6.96. The van der Waals surface area contributed by atoms with E-state index in [1.54, 1.807) is 30.3 Å². The summed E-state index contributed by atoms with van der Waals surface area (Å²) in [5.74, 6) is -0.153. The maximum atomic E-state index is 13.0. The maximum Gasteiger partial charge on any atom is 0.387 e. The van der Waals surface area contributed by atoms with Gasteiger partial charge in [-0.3, -0.25) is 0 Å². The molecular formula is C15H14F3NO. The Kier molecular flexibility index (Phi) is 5.01. The zero-order chi connectivity index (χ0) is 14.4. The Hall–Kier alpha value is -2.01. The van der Waals surface area contributed by atoms with Gasteiger partial charge in [0.2, 0.25) is 0 Å². The minimum Gasteiger partial charge on any atom is -0.434 e. The predicted molar refractivity (Wildman–Crippen MR) is 70.0 cm³/mol. The van der Waals surface area contributed by atoms with E-state index in [0.717, 1.165) is 5.56 Å². The van der Waals surface area contributed by atoms with Crippen molar-refractivity contribution in [3.63, 3.8) is 0 Å². The van der Waals surface area contributed by atoms with E-state index in [0.29, 0.717) is 18.7 Å². The van der Waals surface area contributed by atoms with Gasteiger partial charge >= 0.3 is 6.61 Å². The summed E-state index contributed by atoms with van der Waals surface area (Å²) in [4.78, 5) is 0. The average Bonchev–Trinajstić information content (AvgIpc) is 2.40. The molecule has 0 saturated carbocycles. The largest absolute Gasteiger partial charge is 0.434 e. The van der Waals surface area contributed by atoms with Gasteiger partial charge in [0.15, 0.2) is 0 Å². The van der Waals surface area contributed by atoms with E-state index in [2.05, 4.69) is 10.1 Å². The smallest absolute Gasteiger partial charge is 0.387 e. The van der Waals surface area contributed by atoms with E-state index >= 15 is 0 Å². The number of hydrogen-bond acceptors (Lipinski definition) is 2. The molecule has 20 heavy (non-hydrogen) atoms. The summed E-state index contributed by atoms with van der Waals surface area (Å²) in [6, 6.07) is 12.8. The highest BCUT2D eigenvalue weighted by Crippen LogP contribution is 2.20. The molecular weight excluding hydrogens is 267 g/mol. The highest BCUT2D eigenvalue weighted by Gasteiger charge is 2.08. The number of halogens is 3. The second-order valence-corrected chi connectivity index (χ2v) is 4.22. The van der Waals surface area contributed by atoms with Crippen LogP contribution in [0.4, 0.5) is 13.2 Å². The molecule has 0 bridgehead atoms. The van der Waals surface area contributed by atoms with Crippen LogP contribution in [0.3, 0.4) is 0 Å². The van der Waals surface area contributed by atoms with Crippen molar-refractivity contribution in [1.82, 2.24) is 5.32 Å². The molecule has 0 aliphatic rings. The number of alkyl halides is 2. The highest BCUT2D eigenvalue weighted by atomic mass is 19.3. The van der Waals surface area contributed by atoms with Crippen molar-refractivity contribution < 1.29 is 17.9 Å². The first-order valence-electron chi connectivity index (χ1n) is 6.13. The SMILES string of the molecule is Fc1cccc(CNCc2ccccc2OC(F)F)c1. The fraction of sp³-hybridized carbons (Fsp3) is 0.200. The van der Waals surface area contributed by atoms with Gasteiger partial charge in [0.1, 0.15) is 11.6 Å². The minimum absolute atomic E-state index is 0.147. The first-order valence-corrected chi connectivity index (χ1v) is 6.13. The van der Waals surface area contributed by atoms with Crippen LogP contribution >= 0.6 is 0 Å². The van der Waals surface area contributed by atoms with Gasteiger partial charge < -0.3 is 10.1 Å². The average molecular weight is 281 g/mol. The van der Waals surface area contributed by atoms with Crippen molar-refractivity contribution in [2.45, 2.75) is 19.7 Å². The molecule has 0 radical (unpaired) electrons. The first-order chi connectivity index (χ1) is 9.65. The van der Waals surface area contributed by atoms with Gasteiger partial charge in [0, 0.05) is 18.7 Å². The standard InChI is InChI=1S/C15H14F3NO/c16-13-6-3-4-11(8-13)9-19-10-12-5-1-2-7-14(12)20-15(17)18/h1-8,15,19H,9-10H2. The summed E-state index contributed by atoms with van der Waals surface area (Å²) in [5.41, 5.74) is 1.42. The predicted octanol–water partition coefficient (Wildman–Crippen LogP) is 3.72. The van der Waals surface area contributed by atoms with Crippen LogP contribution < -0.4 is 10.1 Å². The van der Waals surface area contributed by atoms with Crippen molar-refractivity contribution in [2.24, 2.45) is 0 Å². The van der Waals surface area contributed by atoms with Crippen LogP contribution in [0, 0.1) is 5.82 Å². The van der Waals surface area contributed by atoms with Crippen LogP contribution in [0.25, 0.3) is 0 Å². The molecule has 5 heteroatoms. The summed E-state index contributed by atoms with van der Waals surface area (Å²) in [6.07, 6.45) is 0. The zero-order valence-corrected chi connectivity index (χ0v) is 10.7. The molecule has 2 rings (SSSR count). The summed E-state index contributed by atoms with van der Waals surface area (Å²) in [6.45, 7) is -2.04. The minimum atomic E-state index is -2.85. The lowest BCUT2D eigenvalue weighted by Crippen LogP contribution is -2.14. The zero-order valence-electron chi connectivity index (χ0n) is 10.7. The van der Waals surface area contributed by atoms with E-state index < -0.39 is 6.61 Å². The molecule has 2 nitrogen and oxygen atoms in total. The first kappa shape index (κ1) is 14.4. The molecule has 0 fully saturated rings. The van der Waals surface area contributed by atoms with Crippen LogP contribution in [0.2, 0.25) is 0 Å².